The van der Waals surface area contributed by atoms with Crippen LogP contribution in [0.1, 0.15) is 10.4 Å². The number of fused-ring (bicyclic) bond motifs is 1. The van der Waals surface area contributed by atoms with Crippen LogP contribution in [0.3, 0.4) is 0 Å². The van der Waals surface area contributed by atoms with E-state index in [0.717, 1.165) is 13.0 Å². The first kappa shape index (κ1) is 8.08. The van der Waals surface area contributed by atoms with E-state index in [1.165, 1.54) is 10.4 Å². The molecule has 64 valence electrons. The Hall–Kier alpha value is -0.540. The second kappa shape index (κ2) is 3.07. The normalized spacial score (nSPS) is 15.9. The summed E-state index contributed by atoms with van der Waals surface area (Å²) in [5.74, 6) is 0. The molecule has 0 fully saturated rings. The molecule has 0 aromatic carbocycles. The lowest BCUT2D eigenvalue weighted by atomic mass is 10.1. The molecule has 0 aliphatic carbocycles. The van der Waals surface area contributed by atoms with E-state index in [4.69, 9.17) is 11.6 Å². The number of nitrogens with zero attached hydrogens (tertiary/aromatic N) is 1. The Labute approximate surface area is 79.8 Å². The summed E-state index contributed by atoms with van der Waals surface area (Å²) >= 11 is 7.08. The third-order valence-corrected chi connectivity index (χ3v) is 3.26. The van der Waals surface area contributed by atoms with Crippen LogP contribution in [0, 0.1) is 0 Å². The summed E-state index contributed by atoms with van der Waals surface area (Å²) in [5, 5.41) is 1.72. The van der Waals surface area contributed by atoms with Crippen molar-refractivity contribution >= 4 is 28.3 Å². The van der Waals surface area contributed by atoms with Crippen LogP contribution in [-0.2, 0) is 13.0 Å². The zero-order chi connectivity index (χ0) is 8.55. The first-order valence-electron chi connectivity index (χ1n) is 3.77. The molecule has 1 aliphatic rings. The second-order valence-corrected chi connectivity index (χ2v) is 4.12. The standard InChI is InChI=1S/C8H8ClNOS/c9-8(11)10-3-1-6-2-4-12-7(6)5-10/h2,4H,1,3,5H2. The van der Waals surface area contributed by atoms with Gasteiger partial charge in [-0.1, -0.05) is 0 Å². The number of carbonyl (C=O) groups excluding carboxylic acids is 1. The maximum atomic E-state index is 10.8. The van der Waals surface area contributed by atoms with Gasteiger partial charge >= 0.3 is 5.37 Å². The first-order chi connectivity index (χ1) is 5.77. The fourth-order valence-electron chi connectivity index (χ4n) is 1.39. The molecule has 1 amide bonds. The number of amides is 1. The summed E-state index contributed by atoms with van der Waals surface area (Å²) in [7, 11) is 0. The number of rotatable bonds is 0. The van der Waals surface area contributed by atoms with Crippen LogP contribution in [0.25, 0.3) is 0 Å². The van der Waals surface area contributed by atoms with Crippen molar-refractivity contribution in [2.45, 2.75) is 13.0 Å². The summed E-state index contributed by atoms with van der Waals surface area (Å²) in [6.45, 7) is 1.45. The molecule has 2 rings (SSSR count). The molecule has 4 heteroatoms. The molecule has 0 N–H and O–H groups in total. The Morgan fingerprint density at radius 1 is 1.67 bits per heavy atom. The monoisotopic (exact) mass is 201 g/mol. The van der Waals surface area contributed by atoms with Gasteiger partial charge in [-0.2, -0.15) is 0 Å². The molecule has 0 spiro atoms. The number of hydrogen-bond acceptors (Lipinski definition) is 2. The van der Waals surface area contributed by atoms with Gasteiger partial charge in [0.05, 0.1) is 6.54 Å². The fourth-order valence-corrected chi connectivity index (χ4v) is 2.48. The average Bonchev–Trinajstić information content (AvgIpc) is 2.49. The topological polar surface area (TPSA) is 20.3 Å². The van der Waals surface area contributed by atoms with Crippen LogP contribution in [0.2, 0.25) is 0 Å². The molecule has 1 aliphatic heterocycles. The molecule has 0 saturated heterocycles. The number of thiophene rings is 1. The molecule has 1 aromatic heterocycles. The van der Waals surface area contributed by atoms with Gasteiger partial charge in [0.2, 0.25) is 0 Å². The van der Waals surface area contributed by atoms with Crippen molar-refractivity contribution in [3.63, 3.8) is 0 Å². The van der Waals surface area contributed by atoms with Gasteiger partial charge in [-0.25, -0.2) is 0 Å². The van der Waals surface area contributed by atoms with Gasteiger partial charge in [-0.3, -0.25) is 4.79 Å². The Morgan fingerprint density at radius 2 is 2.50 bits per heavy atom. The van der Waals surface area contributed by atoms with E-state index in [1.54, 1.807) is 16.2 Å². The van der Waals surface area contributed by atoms with Crippen molar-refractivity contribution < 1.29 is 4.79 Å². The van der Waals surface area contributed by atoms with E-state index < -0.39 is 0 Å². The highest BCUT2D eigenvalue weighted by atomic mass is 35.5. The second-order valence-electron chi connectivity index (χ2n) is 2.79. The summed E-state index contributed by atoms with van der Waals surface area (Å²) < 4.78 is 0. The van der Waals surface area contributed by atoms with E-state index in [1.807, 2.05) is 0 Å². The lowest BCUT2D eigenvalue weighted by molar-refractivity contribution is 0.217. The average molecular weight is 202 g/mol. The highest BCUT2D eigenvalue weighted by Gasteiger charge is 2.19. The van der Waals surface area contributed by atoms with Gasteiger partial charge in [-0.15, -0.1) is 11.3 Å². The Bertz CT molecular complexity index is 310. The van der Waals surface area contributed by atoms with Crippen LogP contribution in [0.5, 0.6) is 0 Å². The van der Waals surface area contributed by atoms with Crippen LogP contribution < -0.4 is 0 Å². The minimum Gasteiger partial charge on any atom is -0.324 e. The molecule has 1 aromatic rings. The van der Waals surface area contributed by atoms with Crippen molar-refractivity contribution in [3.05, 3.63) is 21.9 Å². The van der Waals surface area contributed by atoms with Crippen molar-refractivity contribution in [1.82, 2.24) is 4.90 Å². The smallest absolute Gasteiger partial charge is 0.316 e. The molecular formula is C8H8ClNOS. The zero-order valence-corrected chi connectivity index (χ0v) is 7.99. The minimum absolute atomic E-state index is 0.339. The first-order valence-corrected chi connectivity index (χ1v) is 5.03. The molecule has 0 atom stereocenters. The van der Waals surface area contributed by atoms with Crippen molar-refractivity contribution in [2.24, 2.45) is 0 Å². The van der Waals surface area contributed by atoms with Gasteiger partial charge in [-0.05, 0) is 35.0 Å². The maximum absolute atomic E-state index is 10.8. The lowest BCUT2D eigenvalue weighted by Gasteiger charge is -2.24. The van der Waals surface area contributed by atoms with Gasteiger partial charge in [0.1, 0.15) is 0 Å². The fraction of sp³-hybridized carbons (Fsp3) is 0.375. The minimum atomic E-state index is -0.339. The molecule has 0 unspecified atom stereocenters. The van der Waals surface area contributed by atoms with E-state index in [0.29, 0.717) is 6.54 Å². The molecule has 2 nitrogen and oxygen atoms in total. The number of hydrogen-bond donors (Lipinski definition) is 0. The molecule has 0 bridgehead atoms. The van der Waals surface area contributed by atoms with Crippen molar-refractivity contribution in [3.8, 4) is 0 Å². The zero-order valence-electron chi connectivity index (χ0n) is 6.42. The SMILES string of the molecule is O=C(Cl)N1CCc2ccsc2C1. The predicted octanol–water partition coefficient (Wildman–Crippen LogP) is 2.47. The van der Waals surface area contributed by atoms with Crippen LogP contribution >= 0.6 is 22.9 Å². The summed E-state index contributed by atoms with van der Waals surface area (Å²) in [4.78, 5) is 13.8. The molecule has 0 saturated carbocycles. The lowest BCUT2D eigenvalue weighted by Crippen LogP contribution is -2.31. The Balaban J connectivity index is 2.20. The van der Waals surface area contributed by atoms with Crippen molar-refractivity contribution in [2.75, 3.05) is 6.54 Å². The van der Waals surface area contributed by atoms with Crippen LogP contribution in [0.15, 0.2) is 11.4 Å². The van der Waals surface area contributed by atoms with Crippen LogP contribution in [-0.4, -0.2) is 16.8 Å². The maximum Gasteiger partial charge on any atom is 0.316 e. The molecule has 12 heavy (non-hydrogen) atoms. The summed E-state index contributed by atoms with van der Waals surface area (Å²) in [6.07, 6.45) is 0.942. The van der Waals surface area contributed by atoms with E-state index in [-0.39, 0.29) is 5.37 Å². The van der Waals surface area contributed by atoms with E-state index in [9.17, 15) is 4.79 Å². The largest absolute Gasteiger partial charge is 0.324 e. The van der Waals surface area contributed by atoms with Gasteiger partial charge in [0.25, 0.3) is 0 Å². The molecule has 0 radical (unpaired) electrons. The predicted molar refractivity (Wildman–Crippen MR) is 49.7 cm³/mol. The summed E-state index contributed by atoms with van der Waals surface area (Å²) in [5.41, 5.74) is 1.37. The van der Waals surface area contributed by atoms with Gasteiger partial charge in [0, 0.05) is 11.4 Å². The van der Waals surface area contributed by atoms with Gasteiger partial charge in [0.15, 0.2) is 0 Å². The highest BCUT2D eigenvalue weighted by Crippen LogP contribution is 2.24. The van der Waals surface area contributed by atoms with E-state index in [2.05, 4.69) is 11.4 Å². The van der Waals surface area contributed by atoms with Crippen molar-refractivity contribution in [1.29, 1.82) is 0 Å². The molecular weight excluding hydrogens is 194 g/mol. The highest BCUT2D eigenvalue weighted by molar-refractivity contribution is 7.10. The quantitative estimate of drug-likeness (QED) is 0.467. The van der Waals surface area contributed by atoms with Gasteiger partial charge < -0.3 is 4.90 Å². The third kappa shape index (κ3) is 1.34. The van der Waals surface area contributed by atoms with E-state index >= 15 is 0 Å². The molecule has 2 heterocycles. The van der Waals surface area contributed by atoms with Crippen LogP contribution in [0.4, 0.5) is 4.79 Å². The number of carbonyl (C=O) groups is 1. The Morgan fingerprint density at radius 3 is 3.25 bits per heavy atom. The summed E-state index contributed by atoms with van der Waals surface area (Å²) in [6, 6.07) is 2.12. The third-order valence-electron chi connectivity index (χ3n) is 2.07. The Kier molecular flexibility index (Phi) is 2.07. The number of halogens is 1.